The molecule has 2 N–H and O–H groups in total. The molecule has 2 atom stereocenters. The van der Waals surface area contributed by atoms with Crippen molar-refractivity contribution in [2.45, 2.75) is 60.4 Å². The van der Waals surface area contributed by atoms with Crippen molar-refractivity contribution in [1.82, 2.24) is 0 Å². The van der Waals surface area contributed by atoms with Gasteiger partial charge in [-0.1, -0.05) is 34.6 Å². The second-order valence-corrected chi connectivity index (χ2v) is 5.87. The molecule has 0 saturated heterocycles. The van der Waals surface area contributed by atoms with Gasteiger partial charge >= 0.3 is 0 Å². The first-order valence-corrected chi connectivity index (χ1v) is 5.49. The van der Waals surface area contributed by atoms with Crippen LogP contribution >= 0.6 is 0 Å². The first-order valence-electron chi connectivity index (χ1n) is 5.49. The molecule has 0 aliphatic heterocycles. The Morgan fingerprint density at radius 1 is 1.08 bits per heavy atom. The summed E-state index contributed by atoms with van der Waals surface area (Å²) in [5.41, 5.74) is 6.41. The minimum absolute atomic E-state index is 0.336. The normalized spacial score (nSPS) is 17.5. The Hall–Kier alpha value is -0.0400. The maximum absolute atomic E-state index is 5.97. The molecule has 2 unspecified atom stereocenters. The first kappa shape index (κ1) is 13.0. The van der Waals surface area contributed by atoms with E-state index in [0.717, 1.165) is 0 Å². The molecule has 0 spiro atoms. The van der Waals surface area contributed by atoms with E-state index in [-0.39, 0.29) is 0 Å². The van der Waals surface area contributed by atoms with E-state index in [1.165, 1.54) is 12.8 Å². The molecule has 0 heterocycles. The molecule has 0 aliphatic carbocycles. The lowest BCUT2D eigenvalue weighted by atomic mass is 9.80. The van der Waals surface area contributed by atoms with Crippen molar-refractivity contribution in [1.29, 1.82) is 0 Å². The highest BCUT2D eigenvalue weighted by Gasteiger charge is 2.20. The predicted molar refractivity (Wildman–Crippen MR) is 60.7 cm³/mol. The summed E-state index contributed by atoms with van der Waals surface area (Å²) in [6.45, 7) is 13.6. The number of nitrogens with two attached hydrogens (primary N) is 1. The summed E-state index contributed by atoms with van der Waals surface area (Å²) in [4.78, 5) is 0. The van der Waals surface area contributed by atoms with Crippen LogP contribution < -0.4 is 5.73 Å². The van der Waals surface area contributed by atoms with Gasteiger partial charge < -0.3 is 5.73 Å². The Kier molecular flexibility index (Phi) is 4.98. The summed E-state index contributed by atoms with van der Waals surface area (Å²) >= 11 is 0. The molecule has 0 saturated carbocycles. The van der Waals surface area contributed by atoms with Crippen LogP contribution in [0.4, 0.5) is 0 Å². The van der Waals surface area contributed by atoms with Crippen molar-refractivity contribution in [3.05, 3.63) is 0 Å². The minimum atomic E-state index is 0.336. The van der Waals surface area contributed by atoms with Crippen LogP contribution in [-0.4, -0.2) is 6.04 Å². The molecule has 0 aliphatic rings. The van der Waals surface area contributed by atoms with Gasteiger partial charge in [-0.05, 0) is 37.0 Å². The number of hydrogen-bond donors (Lipinski definition) is 1. The lowest BCUT2D eigenvalue weighted by Gasteiger charge is -2.28. The Bertz CT molecular complexity index is 123. The molecule has 0 aromatic heterocycles. The summed E-state index contributed by atoms with van der Waals surface area (Å²) in [6.07, 6.45) is 2.54. The molecule has 0 aromatic carbocycles. The van der Waals surface area contributed by atoms with Gasteiger partial charge in [-0.3, -0.25) is 0 Å². The van der Waals surface area contributed by atoms with Gasteiger partial charge in [-0.25, -0.2) is 0 Å². The third-order valence-electron chi connectivity index (χ3n) is 2.76. The summed E-state index contributed by atoms with van der Waals surface area (Å²) in [5.74, 6) is 1.39. The molecule has 0 rings (SSSR count). The third kappa shape index (κ3) is 6.09. The van der Waals surface area contributed by atoms with Crippen molar-refractivity contribution < 1.29 is 0 Å². The Morgan fingerprint density at radius 3 is 1.77 bits per heavy atom. The summed E-state index contributed by atoms with van der Waals surface area (Å²) < 4.78 is 0. The third-order valence-corrected chi connectivity index (χ3v) is 2.76. The number of rotatable bonds is 4. The minimum Gasteiger partial charge on any atom is -0.328 e. The Morgan fingerprint density at radius 2 is 1.54 bits per heavy atom. The van der Waals surface area contributed by atoms with Gasteiger partial charge in [-0.2, -0.15) is 0 Å². The lowest BCUT2D eigenvalue weighted by Crippen LogP contribution is -2.31. The van der Waals surface area contributed by atoms with Gasteiger partial charge in [-0.15, -0.1) is 0 Å². The molecule has 0 bridgehead atoms. The van der Waals surface area contributed by atoms with Crippen molar-refractivity contribution >= 4 is 0 Å². The first-order chi connectivity index (χ1) is 5.74. The fourth-order valence-corrected chi connectivity index (χ4v) is 1.80. The van der Waals surface area contributed by atoms with Crippen LogP contribution in [0.2, 0.25) is 0 Å². The van der Waals surface area contributed by atoms with E-state index in [0.29, 0.717) is 23.3 Å². The van der Waals surface area contributed by atoms with Gasteiger partial charge in [0.05, 0.1) is 0 Å². The second-order valence-electron chi connectivity index (χ2n) is 5.87. The van der Waals surface area contributed by atoms with Crippen molar-refractivity contribution in [2.75, 3.05) is 0 Å². The molecule has 0 amide bonds. The van der Waals surface area contributed by atoms with Crippen LogP contribution in [0.25, 0.3) is 0 Å². The number of hydrogen-bond acceptors (Lipinski definition) is 1. The van der Waals surface area contributed by atoms with Gasteiger partial charge in [0, 0.05) is 6.04 Å². The highest BCUT2D eigenvalue weighted by atomic mass is 14.6. The fourth-order valence-electron chi connectivity index (χ4n) is 1.80. The van der Waals surface area contributed by atoms with E-state index < -0.39 is 0 Å². The van der Waals surface area contributed by atoms with Crippen LogP contribution in [0.5, 0.6) is 0 Å². The SMILES string of the molecule is CC(C)C(CCC(C)(C)C)C(C)N. The zero-order valence-electron chi connectivity index (χ0n) is 10.2. The average molecular weight is 185 g/mol. The van der Waals surface area contributed by atoms with Crippen molar-refractivity contribution in [2.24, 2.45) is 23.0 Å². The van der Waals surface area contributed by atoms with E-state index in [4.69, 9.17) is 5.73 Å². The fraction of sp³-hybridized carbons (Fsp3) is 1.00. The maximum Gasteiger partial charge on any atom is 0.00412 e. The standard InChI is InChI=1S/C12H27N/c1-9(2)11(10(3)13)7-8-12(4,5)6/h9-11H,7-8,13H2,1-6H3. The maximum atomic E-state index is 5.97. The van der Waals surface area contributed by atoms with Crippen LogP contribution in [0.3, 0.4) is 0 Å². The van der Waals surface area contributed by atoms with Gasteiger partial charge in [0.15, 0.2) is 0 Å². The van der Waals surface area contributed by atoms with E-state index in [1.54, 1.807) is 0 Å². The van der Waals surface area contributed by atoms with Crippen molar-refractivity contribution in [3.63, 3.8) is 0 Å². The highest BCUT2D eigenvalue weighted by Crippen LogP contribution is 2.28. The molecule has 1 heteroatoms. The predicted octanol–water partition coefficient (Wildman–Crippen LogP) is 3.43. The van der Waals surface area contributed by atoms with Gasteiger partial charge in [0.1, 0.15) is 0 Å². The largest absolute Gasteiger partial charge is 0.328 e. The smallest absolute Gasteiger partial charge is 0.00412 e. The second kappa shape index (κ2) is 4.99. The van der Waals surface area contributed by atoms with Gasteiger partial charge in [0.2, 0.25) is 0 Å². The molecule has 0 radical (unpaired) electrons. The summed E-state index contributed by atoms with van der Waals surface area (Å²) in [5, 5.41) is 0. The van der Waals surface area contributed by atoms with E-state index >= 15 is 0 Å². The van der Waals surface area contributed by atoms with Crippen LogP contribution in [0, 0.1) is 17.3 Å². The van der Waals surface area contributed by atoms with Crippen LogP contribution in [0.1, 0.15) is 54.4 Å². The molecular weight excluding hydrogens is 158 g/mol. The Balaban J connectivity index is 3.98. The van der Waals surface area contributed by atoms with E-state index in [1.807, 2.05) is 0 Å². The quantitative estimate of drug-likeness (QED) is 0.713. The van der Waals surface area contributed by atoms with E-state index in [2.05, 4.69) is 41.5 Å². The lowest BCUT2D eigenvalue weighted by molar-refractivity contribution is 0.253. The van der Waals surface area contributed by atoms with Crippen molar-refractivity contribution in [3.8, 4) is 0 Å². The molecule has 0 fully saturated rings. The molecular formula is C12H27N. The average Bonchev–Trinajstić information content (AvgIpc) is 1.82. The molecule has 80 valence electrons. The van der Waals surface area contributed by atoms with Gasteiger partial charge in [0.25, 0.3) is 0 Å². The highest BCUT2D eigenvalue weighted by molar-refractivity contribution is 4.74. The molecule has 1 nitrogen and oxygen atoms in total. The summed E-state index contributed by atoms with van der Waals surface area (Å²) in [6, 6.07) is 0.336. The van der Waals surface area contributed by atoms with E-state index in [9.17, 15) is 0 Å². The topological polar surface area (TPSA) is 26.0 Å². The molecule has 13 heavy (non-hydrogen) atoms. The Labute approximate surface area is 84.1 Å². The summed E-state index contributed by atoms with van der Waals surface area (Å²) in [7, 11) is 0. The zero-order valence-corrected chi connectivity index (χ0v) is 10.2. The van der Waals surface area contributed by atoms with Crippen LogP contribution in [0.15, 0.2) is 0 Å². The zero-order chi connectivity index (χ0) is 10.6. The van der Waals surface area contributed by atoms with Crippen LogP contribution in [-0.2, 0) is 0 Å². The monoisotopic (exact) mass is 185 g/mol. The molecule has 0 aromatic rings.